The van der Waals surface area contributed by atoms with E-state index in [2.05, 4.69) is 4.99 Å². The van der Waals surface area contributed by atoms with Gasteiger partial charge in [-0.3, -0.25) is 14.1 Å². The Morgan fingerprint density at radius 2 is 1.67 bits per heavy atom. The molecule has 0 saturated heterocycles. The lowest BCUT2D eigenvalue weighted by molar-refractivity contribution is 0.110. The monoisotopic (exact) mass is 304 g/mol. The van der Waals surface area contributed by atoms with Gasteiger partial charge >= 0.3 is 15.2 Å². The Balaban J connectivity index is 5.13. The van der Waals surface area contributed by atoms with Crippen LogP contribution < -0.4 is 5.73 Å². The second-order valence-corrected chi connectivity index (χ2v) is 8.16. The lowest BCUT2D eigenvalue weighted by atomic mass is 10.1. The van der Waals surface area contributed by atoms with E-state index in [-0.39, 0.29) is 12.4 Å². The zero-order valence-corrected chi connectivity index (χ0v) is 11.8. The van der Waals surface area contributed by atoms with Gasteiger partial charge in [0.1, 0.15) is 0 Å². The van der Waals surface area contributed by atoms with Crippen LogP contribution in [0.3, 0.4) is 0 Å². The van der Waals surface area contributed by atoms with Crippen molar-refractivity contribution < 1.29 is 33.8 Å². The number of hydrogen-bond acceptors (Lipinski definition) is 4. The Morgan fingerprint density at radius 3 is 1.94 bits per heavy atom. The normalized spacial score (nSPS) is 16.7. The molecule has 0 bridgehead atoms. The smallest absolute Gasteiger partial charge is 0.369 e. The molecule has 0 amide bonds. The molecule has 1 unspecified atom stereocenters. The zero-order valence-electron chi connectivity index (χ0n) is 9.96. The Labute approximate surface area is 104 Å². The highest BCUT2D eigenvalue weighted by Crippen LogP contribution is 2.69. The van der Waals surface area contributed by atoms with Crippen LogP contribution in [-0.2, 0) is 9.13 Å². The van der Waals surface area contributed by atoms with Gasteiger partial charge in [0.15, 0.2) is 0 Å². The molecular formula is C7H18N2O7P2. The van der Waals surface area contributed by atoms with Crippen LogP contribution in [0.2, 0.25) is 0 Å². The predicted molar refractivity (Wildman–Crippen MR) is 65.0 cm³/mol. The highest BCUT2D eigenvalue weighted by atomic mass is 31.2. The maximum absolute atomic E-state index is 11.1. The van der Waals surface area contributed by atoms with E-state index in [9.17, 15) is 14.2 Å². The first kappa shape index (κ1) is 17.7. The van der Waals surface area contributed by atoms with Gasteiger partial charge in [-0.05, 0) is 12.8 Å². The predicted octanol–water partition coefficient (Wildman–Crippen LogP) is -0.609. The fourth-order valence-corrected chi connectivity index (χ4v) is 3.70. The molecule has 0 aromatic carbocycles. The average molecular weight is 304 g/mol. The highest BCUT2D eigenvalue weighted by Gasteiger charge is 2.59. The van der Waals surface area contributed by atoms with Crippen LogP contribution >= 0.6 is 15.2 Å². The number of nitrogens with zero attached hydrogens (tertiary/aromatic N) is 1. The van der Waals surface area contributed by atoms with Crippen molar-refractivity contribution in [2.24, 2.45) is 16.6 Å². The van der Waals surface area contributed by atoms with Crippen molar-refractivity contribution in [3.63, 3.8) is 0 Å². The summed E-state index contributed by atoms with van der Waals surface area (Å²) in [6.45, 7) is 2.91. The van der Waals surface area contributed by atoms with Gasteiger partial charge in [-0.1, -0.05) is 6.92 Å². The van der Waals surface area contributed by atoms with E-state index in [0.29, 0.717) is 0 Å². The SMILES string of the molecule is CC(N)=NCC(C)CC(O)(P(=O)(O)O)P(=O)(O)O. The summed E-state index contributed by atoms with van der Waals surface area (Å²) in [7, 11) is -10.8. The van der Waals surface area contributed by atoms with Gasteiger partial charge in [0.2, 0.25) is 0 Å². The molecule has 0 saturated carbocycles. The maximum atomic E-state index is 11.1. The molecule has 9 nitrogen and oxygen atoms in total. The van der Waals surface area contributed by atoms with E-state index >= 15 is 0 Å². The number of aliphatic imine (C=N–C) groups is 1. The topological polar surface area (TPSA) is 174 Å². The average Bonchev–Trinajstić information content (AvgIpc) is 2.10. The summed E-state index contributed by atoms with van der Waals surface area (Å²) in [5, 5.41) is 6.22. The molecule has 0 aliphatic carbocycles. The summed E-state index contributed by atoms with van der Waals surface area (Å²) in [6.07, 6.45) is -0.793. The van der Waals surface area contributed by atoms with E-state index < -0.39 is 32.6 Å². The van der Waals surface area contributed by atoms with Gasteiger partial charge in [0.25, 0.3) is 5.08 Å². The standard InChI is InChI=1S/C7H18N2O7P2/c1-5(4-9-6(2)8)3-7(10,17(11,12)13)18(14,15)16/h5,10H,3-4H2,1-2H3,(H2,8,9)(H2,11,12,13)(H2,14,15,16). The molecule has 0 heterocycles. The van der Waals surface area contributed by atoms with Gasteiger partial charge in [0.05, 0.1) is 5.84 Å². The summed E-state index contributed by atoms with van der Waals surface area (Å²) < 4.78 is 22.1. The fourth-order valence-electron chi connectivity index (χ4n) is 1.24. The highest BCUT2D eigenvalue weighted by molar-refractivity contribution is 7.72. The van der Waals surface area contributed by atoms with Crippen LogP contribution in [0.4, 0.5) is 0 Å². The molecule has 0 aliphatic heterocycles. The van der Waals surface area contributed by atoms with Gasteiger partial charge in [-0.25, -0.2) is 0 Å². The molecular weight excluding hydrogens is 286 g/mol. The molecule has 0 aromatic heterocycles. The number of amidine groups is 1. The molecule has 0 spiro atoms. The van der Waals surface area contributed by atoms with Crippen molar-refractivity contribution in [2.45, 2.75) is 25.4 Å². The van der Waals surface area contributed by atoms with E-state index in [1.54, 1.807) is 0 Å². The van der Waals surface area contributed by atoms with Crippen molar-refractivity contribution >= 4 is 21.0 Å². The van der Waals surface area contributed by atoms with Crippen molar-refractivity contribution in [3.05, 3.63) is 0 Å². The van der Waals surface area contributed by atoms with Gasteiger partial charge < -0.3 is 30.4 Å². The van der Waals surface area contributed by atoms with Crippen LogP contribution in [-0.4, -0.2) is 42.1 Å². The molecule has 18 heavy (non-hydrogen) atoms. The minimum Gasteiger partial charge on any atom is -0.388 e. The third-order valence-electron chi connectivity index (χ3n) is 2.21. The molecule has 0 rings (SSSR count). The summed E-state index contributed by atoms with van der Waals surface area (Å²) in [6, 6.07) is 0. The second kappa shape index (κ2) is 5.79. The number of nitrogens with two attached hydrogens (primary N) is 1. The summed E-state index contributed by atoms with van der Waals surface area (Å²) >= 11 is 0. The Kier molecular flexibility index (Phi) is 5.71. The van der Waals surface area contributed by atoms with Gasteiger partial charge in [-0.2, -0.15) is 0 Å². The first-order chi connectivity index (χ1) is 7.81. The first-order valence-electron chi connectivity index (χ1n) is 4.91. The zero-order chi connectivity index (χ0) is 14.8. The molecule has 1 atom stereocenters. The lowest BCUT2D eigenvalue weighted by Crippen LogP contribution is -2.31. The van der Waals surface area contributed by atoms with Gasteiger partial charge in [0, 0.05) is 13.0 Å². The third-order valence-corrected chi connectivity index (χ3v) is 6.00. The lowest BCUT2D eigenvalue weighted by Gasteiger charge is -2.31. The first-order valence-corrected chi connectivity index (χ1v) is 8.14. The van der Waals surface area contributed by atoms with E-state index in [1.165, 1.54) is 13.8 Å². The van der Waals surface area contributed by atoms with Gasteiger partial charge in [-0.15, -0.1) is 0 Å². The Morgan fingerprint density at radius 1 is 1.28 bits per heavy atom. The number of aliphatic hydroxyl groups is 1. The molecule has 7 N–H and O–H groups in total. The van der Waals surface area contributed by atoms with Crippen molar-refractivity contribution in [3.8, 4) is 0 Å². The molecule has 108 valence electrons. The van der Waals surface area contributed by atoms with Crippen LogP contribution in [0, 0.1) is 5.92 Å². The minimum absolute atomic E-state index is 0.00928. The number of rotatable bonds is 6. The molecule has 0 fully saturated rings. The summed E-state index contributed by atoms with van der Waals surface area (Å²) in [5.74, 6) is -0.452. The van der Waals surface area contributed by atoms with Crippen molar-refractivity contribution in [1.29, 1.82) is 0 Å². The van der Waals surface area contributed by atoms with Crippen LogP contribution in [0.5, 0.6) is 0 Å². The van der Waals surface area contributed by atoms with Crippen LogP contribution in [0.1, 0.15) is 20.3 Å². The maximum Gasteiger partial charge on any atom is 0.369 e. The van der Waals surface area contributed by atoms with Crippen LogP contribution in [0.15, 0.2) is 4.99 Å². The minimum atomic E-state index is -5.40. The quantitative estimate of drug-likeness (QED) is 0.214. The molecule has 0 radical (unpaired) electrons. The van der Waals surface area contributed by atoms with Crippen molar-refractivity contribution in [2.75, 3.05) is 6.54 Å². The Bertz CT molecular complexity index is 386. The second-order valence-electron chi connectivity index (χ2n) is 4.15. The van der Waals surface area contributed by atoms with Crippen LogP contribution in [0.25, 0.3) is 0 Å². The van der Waals surface area contributed by atoms with E-state index in [1.807, 2.05) is 0 Å². The molecule has 0 aromatic rings. The molecule has 0 aliphatic rings. The third kappa shape index (κ3) is 4.44. The van der Waals surface area contributed by atoms with Crippen molar-refractivity contribution in [1.82, 2.24) is 0 Å². The fraction of sp³-hybridized carbons (Fsp3) is 0.857. The molecule has 11 heteroatoms. The number of hydrogen-bond donors (Lipinski definition) is 6. The summed E-state index contributed by atoms with van der Waals surface area (Å²) in [5.41, 5.74) is 5.26. The summed E-state index contributed by atoms with van der Waals surface area (Å²) in [4.78, 5) is 39.4. The van der Waals surface area contributed by atoms with E-state index in [0.717, 1.165) is 0 Å². The largest absolute Gasteiger partial charge is 0.388 e. The van der Waals surface area contributed by atoms with E-state index in [4.69, 9.17) is 25.3 Å². The Hall–Kier alpha value is -0.270.